The smallest absolute Gasteiger partial charge is 0.328 e. The number of nitrogens with one attached hydrogen (secondary N) is 1. The number of benzene rings is 1. The molecule has 1 aliphatic rings. The van der Waals surface area contributed by atoms with Crippen LogP contribution in [0.5, 0.6) is 0 Å². The predicted octanol–water partition coefficient (Wildman–Crippen LogP) is 1.87. The third kappa shape index (κ3) is 3.19. The van der Waals surface area contributed by atoms with Gasteiger partial charge in [-0.1, -0.05) is 6.07 Å². The average molecular weight is 339 g/mol. The topological polar surface area (TPSA) is 69.6 Å². The number of hydrogen-bond donors (Lipinski definition) is 2. The number of anilines is 1. The molecule has 0 radical (unpaired) electrons. The molecule has 2 N–H and O–H groups in total. The fraction of sp³-hybridized carbons (Fsp3) is 0.286. The maximum absolute atomic E-state index is 11.7. The van der Waals surface area contributed by atoms with Gasteiger partial charge in [-0.25, -0.2) is 4.79 Å². The lowest BCUT2D eigenvalue weighted by Crippen LogP contribution is -2.54. The Labute approximate surface area is 125 Å². The van der Waals surface area contributed by atoms with Gasteiger partial charge >= 0.3 is 5.97 Å². The summed E-state index contributed by atoms with van der Waals surface area (Å²) in [5, 5.41) is 11.4. The number of hydrogen-bond acceptors (Lipinski definition) is 3. The molecule has 0 spiro atoms. The Bertz CT molecular complexity index is 572. The second-order valence-corrected chi connectivity index (χ2v) is 5.40. The Kier molecular flexibility index (Phi) is 4.44. The summed E-state index contributed by atoms with van der Waals surface area (Å²) in [5.41, 5.74) is 1.72. The van der Waals surface area contributed by atoms with E-state index in [1.54, 1.807) is 0 Å². The molecule has 0 aromatic heterocycles. The van der Waals surface area contributed by atoms with Crippen LogP contribution in [0.4, 0.5) is 5.69 Å². The molecule has 20 heavy (non-hydrogen) atoms. The minimum absolute atomic E-state index is 0.0120. The largest absolute Gasteiger partial charge is 0.478 e. The average Bonchev–Trinajstić information content (AvgIpc) is 2.40. The first kappa shape index (κ1) is 14.6. The minimum atomic E-state index is -0.980. The standard InChI is InChI=1S/C14H15BrN2O3/c1-9-14(20)16-6-7-17(9)12-4-2-10(8-11(12)15)3-5-13(18)19/h2-5,8-9H,6-7H2,1H3,(H,16,20)(H,18,19)/b5-3+. The number of rotatable bonds is 3. The Balaban J connectivity index is 2.25. The highest BCUT2D eigenvalue weighted by atomic mass is 79.9. The second kappa shape index (κ2) is 6.09. The van der Waals surface area contributed by atoms with E-state index in [1.807, 2.05) is 30.0 Å². The van der Waals surface area contributed by atoms with Crippen LogP contribution in [0, 0.1) is 0 Å². The molecule has 5 nitrogen and oxygen atoms in total. The summed E-state index contributed by atoms with van der Waals surface area (Å²) in [4.78, 5) is 24.2. The molecule has 2 rings (SSSR count). The van der Waals surface area contributed by atoms with Gasteiger partial charge in [-0.05, 0) is 46.6 Å². The van der Waals surface area contributed by atoms with Gasteiger partial charge in [0.2, 0.25) is 5.91 Å². The van der Waals surface area contributed by atoms with E-state index in [2.05, 4.69) is 21.2 Å². The Hall–Kier alpha value is -1.82. The highest BCUT2D eigenvalue weighted by Gasteiger charge is 2.26. The monoisotopic (exact) mass is 338 g/mol. The van der Waals surface area contributed by atoms with E-state index in [4.69, 9.17) is 5.11 Å². The number of halogens is 1. The van der Waals surface area contributed by atoms with Gasteiger partial charge in [0.15, 0.2) is 0 Å². The van der Waals surface area contributed by atoms with E-state index >= 15 is 0 Å². The lowest BCUT2D eigenvalue weighted by atomic mass is 10.1. The van der Waals surface area contributed by atoms with Crippen LogP contribution in [-0.2, 0) is 9.59 Å². The van der Waals surface area contributed by atoms with Crippen LogP contribution in [0.25, 0.3) is 6.08 Å². The zero-order chi connectivity index (χ0) is 14.7. The number of piperazine rings is 1. The predicted molar refractivity (Wildman–Crippen MR) is 80.6 cm³/mol. The van der Waals surface area contributed by atoms with Gasteiger partial charge in [0.1, 0.15) is 6.04 Å². The van der Waals surface area contributed by atoms with E-state index < -0.39 is 5.97 Å². The first-order valence-electron chi connectivity index (χ1n) is 6.24. The summed E-state index contributed by atoms with van der Waals surface area (Å²) in [7, 11) is 0. The third-order valence-corrected chi connectivity index (χ3v) is 3.83. The van der Waals surface area contributed by atoms with Crippen LogP contribution in [0.2, 0.25) is 0 Å². The molecule has 0 aliphatic carbocycles. The zero-order valence-corrected chi connectivity index (χ0v) is 12.6. The summed E-state index contributed by atoms with van der Waals surface area (Å²) in [6, 6.07) is 5.34. The van der Waals surface area contributed by atoms with Crippen molar-refractivity contribution in [2.75, 3.05) is 18.0 Å². The van der Waals surface area contributed by atoms with E-state index in [9.17, 15) is 9.59 Å². The number of amides is 1. The molecule has 1 amide bonds. The zero-order valence-electron chi connectivity index (χ0n) is 11.0. The molecule has 1 atom stereocenters. The second-order valence-electron chi connectivity index (χ2n) is 4.54. The molecule has 1 saturated heterocycles. The van der Waals surface area contributed by atoms with Crippen molar-refractivity contribution >= 4 is 39.6 Å². The van der Waals surface area contributed by atoms with Crippen molar-refractivity contribution in [1.82, 2.24) is 5.32 Å². The van der Waals surface area contributed by atoms with Crippen LogP contribution in [0.15, 0.2) is 28.7 Å². The van der Waals surface area contributed by atoms with Crippen molar-refractivity contribution < 1.29 is 14.7 Å². The number of carboxylic acids is 1. The first-order valence-corrected chi connectivity index (χ1v) is 7.03. The van der Waals surface area contributed by atoms with Gasteiger partial charge < -0.3 is 15.3 Å². The summed E-state index contributed by atoms with van der Waals surface area (Å²) >= 11 is 3.48. The van der Waals surface area contributed by atoms with E-state index in [-0.39, 0.29) is 11.9 Å². The van der Waals surface area contributed by atoms with Crippen LogP contribution >= 0.6 is 15.9 Å². The number of nitrogens with zero attached hydrogens (tertiary/aromatic N) is 1. The van der Waals surface area contributed by atoms with Crippen LogP contribution in [0.1, 0.15) is 12.5 Å². The Morgan fingerprint density at radius 2 is 2.30 bits per heavy atom. The normalized spacial score (nSPS) is 19.2. The molecule has 1 fully saturated rings. The van der Waals surface area contributed by atoms with Gasteiger partial charge in [0.05, 0.1) is 5.69 Å². The fourth-order valence-electron chi connectivity index (χ4n) is 2.14. The third-order valence-electron chi connectivity index (χ3n) is 3.20. The summed E-state index contributed by atoms with van der Waals surface area (Å²) < 4.78 is 0.839. The lowest BCUT2D eigenvalue weighted by molar-refractivity contribution is -0.131. The van der Waals surface area contributed by atoms with Gasteiger partial charge in [0.25, 0.3) is 0 Å². The molecule has 106 valence electrons. The molecule has 1 aliphatic heterocycles. The highest BCUT2D eigenvalue weighted by molar-refractivity contribution is 9.10. The minimum Gasteiger partial charge on any atom is -0.478 e. The maximum Gasteiger partial charge on any atom is 0.328 e. The Morgan fingerprint density at radius 1 is 1.55 bits per heavy atom. The molecule has 1 aromatic carbocycles. The summed E-state index contributed by atoms with van der Waals surface area (Å²) in [6.07, 6.45) is 2.63. The van der Waals surface area contributed by atoms with Crippen molar-refractivity contribution in [2.45, 2.75) is 13.0 Å². The molecular formula is C14H15BrN2O3. The maximum atomic E-state index is 11.7. The van der Waals surface area contributed by atoms with Crippen molar-refractivity contribution in [3.05, 3.63) is 34.3 Å². The molecule has 1 heterocycles. The van der Waals surface area contributed by atoms with Gasteiger partial charge in [0, 0.05) is 23.6 Å². The number of aliphatic carboxylic acids is 1. The number of carbonyl (C=O) groups excluding carboxylic acids is 1. The van der Waals surface area contributed by atoms with Gasteiger partial charge in [-0.3, -0.25) is 4.79 Å². The molecule has 6 heteroatoms. The molecule has 1 aromatic rings. The van der Waals surface area contributed by atoms with Gasteiger partial charge in [-0.15, -0.1) is 0 Å². The summed E-state index contributed by atoms with van der Waals surface area (Å²) in [5.74, 6) is -0.968. The van der Waals surface area contributed by atoms with Crippen molar-refractivity contribution in [3.63, 3.8) is 0 Å². The van der Waals surface area contributed by atoms with E-state index in [1.165, 1.54) is 6.08 Å². The van der Waals surface area contributed by atoms with Crippen molar-refractivity contribution in [2.24, 2.45) is 0 Å². The number of carboxylic acid groups (broad SMARTS) is 1. The summed E-state index contributed by atoms with van der Waals surface area (Å²) in [6.45, 7) is 3.23. The van der Waals surface area contributed by atoms with Crippen LogP contribution in [0.3, 0.4) is 0 Å². The van der Waals surface area contributed by atoms with E-state index in [0.29, 0.717) is 6.54 Å². The van der Waals surface area contributed by atoms with E-state index in [0.717, 1.165) is 28.3 Å². The quantitative estimate of drug-likeness (QED) is 0.825. The van der Waals surface area contributed by atoms with Crippen molar-refractivity contribution in [1.29, 1.82) is 0 Å². The van der Waals surface area contributed by atoms with Gasteiger partial charge in [-0.2, -0.15) is 0 Å². The van der Waals surface area contributed by atoms with Crippen LogP contribution < -0.4 is 10.2 Å². The molecular weight excluding hydrogens is 324 g/mol. The highest BCUT2D eigenvalue weighted by Crippen LogP contribution is 2.29. The van der Waals surface area contributed by atoms with Crippen LogP contribution in [-0.4, -0.2) is 36.1 Å². The first-order chi connectivity index (χ1) is 9.49. The fourth-order valence-corrected chi connectivity index (χ4v) is 2.76. The van der Waals surface area contributed by atoms with Crippen molar-refractivity contribution in [3.8, 4) is 0 Å². The SMILES string of the molecule is CC1C(=O)NCCN1c1ccc(/C=C/C(=O)O)cc1Br. The Morgan fingerprint density at radius 3 is 2.95 bits per heavy atom. The molecule has 0 saturated carbocycles. The molecule has 1 unspecified atom stereocenters. The molecule has 0 bridgehead atoms. The lowest BCUT2D eigenvalue weighted by Gasteiger charge is -2.35. The number of carbonyl (C=O) groups is 2.